The minimum Gasteiger partial charge on any atom is -0.493 e. The minimum absolute atomic E-state index is 0.691. The van der Waals surface area contributed by atoms with Crippen molar-refractivity contribution in [2.24, 2.45) is 0 Å². The number of nitrogens with one attached hydrogen (secondary N) is 1. The highest BCUT2D eigenvalue weighted by molar-refractivity contribution is 9.10. The van der Waals surface area contributed by atoms with Crippen molar-refractivity contribution in [2.75, 3.05) is 13.2 Å². The van der Waals surface area contributed by atoms with E-state index in [4.69, 9.17) is 4.74 Å². The van der Waals surface area contributed by atoms with Gasteiger partial charge in [-0.15, -0.1) is 6.58 Å². The maximum absolute atomic E-state index is 5.91. The van der Waals surface area contributed by atoms with Gasteiger partial charge in [0.1, 0.15) is 5.75 Å². The van der Waals surface area contributed by atoms with E-state index < -0.39 is 0 Å². The van der Waals surface area contributed by atoms with Gasteiger partial charge in [-0.25, -0.2) is 0 Å². The second kappa shape index (κ2) is 7.59. The van der Waals surface area contributed by atoms with Gasteiger partial charge in [0.15, 0.2) is 0 Å². The van der Waals surface area contributed by atoms with E-state index in [9.17, 15) is 0 Å². The summed E-state index contributed by atoms with van der Waals surface area (Å²) < 4.78 is 7.01. The lowest BCUT2D eigenvalue weighted by molar-refractivity contribution is 0.315. The molecule has 18 heavy (non-hydrogen) atoms. The van der Waals surface area contributed by atoms with Crippen molar-refractivity contribution < 1.29 is 4.74 Å². The summed E-state index contributed by atoms with van der Waals surface area (Å²) in [5.74, 6) is 1.00. The zero-order valence-electron chi connectivity index (χ0n) is 11.5. The van der Waals surface area contributed by atoms with Gasteiger partial charge in [0.2, 0.25) is 0 Å². The molecule has 0 saturated heterocycles. The zero-order chi connectivity index (χ0) is 13.5. The Kier molecular flexibility index (Phi) is 6.44. The van der Waals surface area contributed by atoms with Crippen LogP contribution >= 0.6 is 15.9 Å². The van der Waals surface area contributed by atoms with Crippen LogP contribution in [-0.4, -0.2) is 13.2 Å². The van der Waals surface area contributed by atoms with Crippen LogP contribution in [0.3, 0.4) is 0 Å². The second-order valence-electron chi connectivity index (χ2n) is 4.55. The van der Waals surface area contributed by atoms with Gasteiger partial charge >= 0.3 is 0 Å². The summed E-state index contributed by atoms with van der Waals surface area (Å²) in [4.78, 5) is 0. The fourth-order valence-corrected chi connectivity index (χ4v) is 2.34. The van der Waals surface area contributed by atoms with Crippen molar-refractivity contribution in [3.8, 4) is 5.75 Å². The SMILES string of the molecule is C=C(C)CCOc1c(C)cc(Br)cc1CNCC. The van der Waals surface area contributed by atoms with Gasteiger partial charge in [-0.05, 0) is 38.1 Å². The molecule has 3 heteroatoms. The van der Waals surface area contributed by atoms with Crippen LogP contribution in [0.5, 0.6) is 5.75 Å². The Hall–Kier alpha value is -0.800. The number of rotatable bonds is 7. The Morgan fingerprint density at radius 1 is 1.44 bits per heavy atom. The molecule has 0 fully saturated rings. The lowest BCUT2D eigenvalue weighted by Gasteiger charge is -2.15. The molecule has 0 unspecified atom stereocenters. The third-order valence-corrected chi connectivity index (χ3v) is 3.11. The molecule has 0 aliphatic heterocycles. The predicted octanol–water partition coefficient (Wildman–Crippen LogP) is 4.21. The highest BCUT2D eigenvalue weighted by Crippen LogP contribution is 2.28. The van der Waals surface area contributed by atoms with Crippen molar-refractivity contribution in [3.05, 3.63) is 39.9 Å². The molecule has 0 spiro atoms. The summed E-state index contributed by atoms with van der Waals surface area (Å²) in [6.45, 7) is 12.6. The van der Waals surface area contributed by atoms with Gasteiger partial charge in [-0.2, -0.15) is 0 Å². The van der Waals surface area contributed by atoms with E-state index in [-0.39, 0.29) is 0 Å². The van der Waals surface area contributed by atoms with E-state index in [2.05, 4.69) is 53.8 Å². The van der Waals surface area contributed by atoms with Crippen LogP contribution in [0.4, 0.5) is 0 Å². The Balaban J connectivity index is 2.81. The first-order chi connectivity index (χ1) is 8.54. The molecule has 0 amide bonds. The van der Waals surface area contributed by atoms with E-state index in [1.165, 1.54) is 11.1 Å². The molecule has 0 aromatic heterocycles. The highest BCUT2D eigenvalue weighted by Gasteiger charge is 2.08. The monoisotopic (exact) mass is 311 g/mol. The predicted molar refractivity (Wildman–Crippen MR) is 81.2 cm³/mol. The van der Waals surface area contributed by atoms with Crippen LogP contribution in [0.25, 0.3) is 0 Å². The molecule has 0 radical (unpaired) electrons. The molecule has 0 heterocycles. The number of halogens is 1. The van der Waals surface area contributed by atoms with Crippen molar-refractivity contribution in [3.63, 3.8) is 0 Å². The molecule has 0 atom stereocenters. The molecule has 1 aromatic carbocycles. The topological polar surface area (TPSA) is 21.3 Å². The van der Waals surface area contributed by atoms with E-state index in [1.807, 2.05) is 6.92 Å². The number of hydrogen-bond donors (Lipinski definition) is 1. The molecule has 0 aliphatic carbocycles. The summed E-state index contributed by atoms with van der Waals surface area (Å²) >= 11 is 3.53. The zero-order valence-corrected chi connectivity index (χ0v) is 13.1. The largest absolute Gasteiger partial charge is 0.493 e. The van der Waals surface area contributed by atoms with Crippen LogP contribution in [-0.2, 0) is 6.54 Å². The number of benzene rings is 1. The van der Waals surface area contributed by atoms with Crippen LogP contribution < -0.4 is 10.1 Å². The molecule has 2 nitrogen and oxygen atoms in total. The maximum atomic E-state index is 5.91. The summed E-state index contributed by atoms with van der Waals surface area (Å²) in [7, 11) is 0. The number of ether oxygens (including phenoxy) is 1. The van der Waals surface area contributed by atoms with E-state index in [0.29, 0.717) is 6.61 Å². The standard InChI is InChI=1S/C15H22BrNO/c1-5-17-10-13-9-14(16)8-12(4)15(13)18-7-6-11(2)3/h8-9,17H,2,5-7,10H2,1,3-4H3. The molecular weight excluding hydrogens is 290 g/mol. The van der Waals surface area contributed by atoms with Gasteiger partial charge in [-0.1, -0.05) is 28.4 Å². The van der Waals surface area contributed by atoms with Crippen molar-refractivity contribution in [2.45, 2.75) is 33.7 Å². The van der Waals surface area contributed by atoms with Gasteiger partial charge in [0, 0.05) is 23.0 Å². The lowest BCUT2D eigenvalue weighted by atomic mass is 10.1. The molecule has 1 rings (SSSR count). The fraction of sp³-hybridized carbons (Fsp3) is 0.467. The van der Waals surface area contributed by atoms with Gasteiger partial charge in [0.25, 0.3) is 0 Å². The first-order valence-electron chi connectivity index (χ1n) is 6.31. The first-order valence-corrected chi connectivity index (χ1v) is 7.10. The molecular formula is C15H22BrNO. The molecule has 0 bridgehead atoms. The third-order valence-electron chi connectivity index (χ3n) is 2.66. The normalized spacial score (nSPS) is 10.4. The van der Waals surface area contributed by atoms with Gasteiger partial charge in [-0.3, -0.25) is 0 Å². The molecule has 0 aliphatic rings. The minimum atomic E-state index is 0.691. The van der Waals surface area contributed by atoms with Gasteiger partial charge in [0.05, 0.1) is 6.61 Å². The summed E-state index contributed by atoms with van der Waals surface area (Å²) in [6.07, 6.45) is 0.899. The Bertz CT molecular complexity index is 415. The van der Waals surface area contributed by atoms with Crippen LogP contribution in [0.15, 0.2) is 28.8 Å². The lowest BCUT2D eigenvalue weighted by Crippen LogP contribution is -2.13. The smallest absolute Gasteiger partial charge is 0.126 e. The molecule has 100 valence electrons. The van der Waals surface area contributed by atoms with Crippen molar-refractivity contribution in [1.82, 2.24) is 5.32 Å². The van der Waals surface area contributed by atoms with E-state index in [0.717, 1.165) is 35.3 Å². The molecule has 1 N–H and O–H groups in total. The molecule has 0 saturated carbocycles. The number of hydrogen-bond acceptors (Lipinski definition) is 2. The number of aryl methyl sites for hydroxylation is 1. The van der Waals surface area contributed by atoms with E-state index >= 15 is 0 Å². The fourth-order valence-electron chi connectivity index (χ4n) is 1.72. The van der Waals surface area contributed by atoms with Crippen molar-refractivity contribution in [1.29, 1.82) is 0 Å². The third kappa shape index (κ3) is 4.83. The highest BCUT2D eigenvalue weighted by atomic mass is 79.9. The van der Waals surface area contributed by atoms with E-state index in [1.54, 1.807) is 0 Å². The average molecular weight is 312 g/mol. The van der Waals surface area contributed by atoms with Crippen LogP contribution in [0.2, 0.25) is 0 Å². The first kappa shape index (κ1) is 15.3. The maximum Gasteiger partial charge on any atom is 0.126 e. The summed E-state index contributed by atoms with van der Waals surface area (Å²) in [5, 5.41) is 3.34. The summed E-state index contributed by atoms with van der Waals surface area (Å²) in [6, 6.07) is 4.21. The van der Waals surface area contributed by atoms with Crippen LogP contribution in [0.1, 0.15) is 31.4 Å². The van der Waals surface area contributed by atoms with Crippen molar-refractivity contribution >= 4 is 15.9 Å². The van der Waals surface area contributed by atoms with Gasteiger partial charge < -0.3 is 10.1 Å². The molecule has 1 aromatic rings. The average Bonchev–Trinajstić information content (AvgIpc) is 2.28. The second-order valence-corrected chi connectivity index (χ2v) is 5.46. The summed E-state index contributed by atoms with van der Waals surface area (Å²) in [5.41, 5.74) is 3.52. The van der Waals surface area contributed by atoms with Crippen LogP contribution in [0, 0.1) is 6.92 Å². The Morgan fingerprint density at radius 2 is 2.17 bits per heavy atom. The quantitative estimate of drug-likeness (QED) is 0.762. The Morgan fingerprint density at radius 3 is 2.78 bits per heavy atom. The Labute approximate surface area is 119 Å².